The maximum Gasteiger partial charge on any atom is 0.0475 e. The number of rotatable bonds is 8. The second-order valence-electron chi connectivity index (χ2n) is 6.14. The van der Waals surface area contributed by atoms with Crippen LogP contribution in [-0.2, 0) is 13.0 Å². The fourth-order valence-corrected chi connectivity index (χ4v) is 2.84. The Hall–Kier alpha value is -2.56. The number of aliphatic hydroxyl groups is 1. The number of aromatic nitrogens is 2. The first-order valence-electron chi connectivity index (χ1n) is 8.56. The van der Waals surface area contributed by atoms with Gasteiger partial charge >= 0.3 is 0 Å². The molecule has 3 rings (SSSR count). The summed E-state index contributed by atoms with van der Waals surface area (Å²) < 4.78 is 0. The lowest BCUT2D eigenvalue weighted by atomic mass is 10.0. The summed E-state index contributed by atoms with van der Waals surface area (Å²) in [7, 11) is 0. The lowest BCUT2D eigenvalue weighted by molar-refractivity contribution is 0.220. The number of benzene rings is 1. The van der Waals surface area contributed by atoms with Crippen molar-refractivity contribution in [2.75, 3.05) is 13.2 Å². The van der Waals surface area contributed by atoms with Crippen molar-refractivity contribution in [3.05, 3.63) is 84.4 Å². The van der Waals surface area contributed by atoms with E-state index in [9.17, 15) is 5.11 Å². The number of pyridine rings is 2. The summed E-state index contributed by atoms with van der Waals surface area (Å²) in [6.07, 6.45) is 6.19. The van der Waals surface area contributed by atoms with E-state index in [0.29, 0.717) is 0 Å². The minimum atomic E-state index is 0.153. The Morgan fingerprint density at radius 1 is 0.920 bits per heavy atom. The summed E-state index contributed by atoms with van der Waals surface area (Å²) in [6.45, 7) is 1.69. The van der Waals surface area contributed by atoms with Crippen LogP contribution in [0.2, 0.25) is 0 Å². The molecule has 4 heteroatoms. The monoisotopic (exact) mass is 333 g/mol. The van der Waals surface area contributed by atoms with Crippen molar-refractivity contribution in [1.29, 1.82) is 0 Å². The summed E-state index contributed by atoms with van der Waals surface area (Å²) >= 11 is 0. The number of aliphatic hydroxyl groups excluding tert-OH is 1. The molecule has 0 aliphatic heterocycles. The molecule has 1 aromatic carbocycles. The van der Waals surface area contributed by atoms with E-state index in [1.807, 2.05) is 42.7 Å². The average Bonchev–Trinajstić information content (AvgIpc) is 2.69. The summed E-state index contributed by atoms with van der Waals surface area (Å²) in [4.78, 5) is 8.40. The van der Waals surface area contributed by atoms with Gasteiger partial charge in [0, 0.05) is 44.0 Å². The van der Waals surface area contributed by atoms with Crippen LogP contribution < -0.4 is 5.32 Å². The van der Waals surface area contributed by atoms with Gasteiger partial charge in [-0.3, -0.25) is 9.97 Å². The molecule has 0 saturated heterocycles. The first-order valence-corrected chi connectivity index (χ1v) is 8.56. The predicted molar refractivity (Wildman–Crippen MR) is 99.9 cm³/mol. The molecule has 0 aliphatic carbocycles. The number of nitrogens with zero attached hydrogens (tertiary/aromatic N) is 2. The summed E-state index contributed by atoms with van der Waals surface area (Å²) in [5.41, 5.74) is 4.60. The van der Waals surface area contributed by atoms with Gasteiger partial charge in [-0.15, -0.1) is 0 Å². The van der Waals surface area contributed by atoms with E-state index in [4.69, 9.17) is 0 Å². The number of hydrogen-bond acceptors (Lipinski definition) is 4. The smallest absolute Gasteiger partial charge is 0.0475 e. The Labute approximate surface area is 148 Å². The second kappa shape index (κ2) is 9.06. The quantitative estimate of drug-likeness (QED) is 0.665. The fourth-order valence-electron chi connectivity index (χ4n) is 2.84. The fraction of sp³-hybridized carbons (Fsp3) is 0.238. The van der Waals surface area contributed by atoms with Crippen molar-refractivity contribution in [2.24, 2.45) is 5.92 Å². The van der Waals surface area contributed by atoms with Crippen molar-refractivity contribution >= 4 is 0 Å². The molecule has 0 fully saturated rings. The Kier molecular flexibility index (Phi) is 6.26. The van der Waals surface area contributed by atoms with Crippen LogP contribution in [-0.4, -0.2) is 28.2 Å². The Balaban J connectivity index is 1.54. The molecule has 2 heterocycles. The van der Waals surface area contributed by atoms with Gasteiger partial charge in [0.15, 0.2) is 0 Å². The molecule has 25 heavy (non-hydrogen) atoms. The van der Waals surface area contributed by atoms with E-state index >= 15 is 0 Å². The maximum absolute atomic E-state index is 9.60. The van der Waals surface area contributed by atoms with E-state index in [2.05, 4.69) is 39.6 Å². The number of nitrogens with one attached hydrogen (secondary N) is 1. The molecule has 4 nitrogen and oxygen atoms in total. The van der Waals surface area contributed by atoms with E-state index in [1.54, 1.807) is 6.20 Å². The van der Waals surface area contributed by atoms with Gasteiger partial charge in [-0.1, -0.05) is 24.3 Å². The minimum Gasteiger partial charge on any atom is -0.396 e. The van der Waals surface area contributed by atoms with Crippen molar-refractivity contribution in [2.45, 2.75) is 13.0 Å². The van der Waals surface area contributed by atoms with Gasteiger partial charge in [-0.05, 0) is 59.4 Å². The van der Waals surface area contributed by atoms with Gasteiger partial charge in [0.2, 0.25) is 0 Å². The first-order chi connectivity index (χ1) is 12.3. The molecule has 1 atom stereocenters. The molecule has 0 spiro atoms. The van der Waals surface area contributed by atoms with Crippen LogP contribution >= 0.6 is 0 Å². The molecule has 0 amide bonds. The lowest BCUT2D eigenvalue weighted by Crippen LogP contribution is -2.26. The van der Waals surface area contributed by atoms with Crippen molar-refractivity contribution < 1.29 is 5.11 Å². The van der Waals surface area contributed by atoms with Crippen molar-refractivity contribution in [1.82, 2.24) is 15.3 Å². The van der Waals surface area contributed by atoms with Gasteiger partial charge in [0.05, 0.1) is 0 Å². The molecule has 0 saturated carbocycles. The highest BCUT2D eigenvalue weighted by Crippen LogP contribution is 2.19. The standard InChI is InChI=1S/C21H23N3O/c25-16-18(13-21-6-1-2-9-24-21)15-23-14-17-4-3-5-20(12-17)19-7-10-22-11-8-19/h1-12,18,23,25H,13-16H2. The van der Waals surface area contributed by atoms with Crippen LogP contribution in [0.25, 0.3) is 11.1 Å². The number of hydrogen-bond donors (Lipinski definition) is 2. The zero-order valence-corrected chi connectivity index (χ0v) is 14.2. The molecule has 0 radical (unpaired) electrons. The molecule has 2 N–H and O–H groups in total. The zero-order chi connectivity index (χ0) is 17.3. The normalized spacial score (nSPS) is 12.0. The molecule has 2 aromatic heterocycles. The highest BCUT2D eigenvalue weighted by Gasteiger charge is 2.09. The van der Waals surface area contributed by atoms with E-state index < -0.39 is 0 Å². The highest BCUT2D eigenvalue weighted by molar-refractivity contribution is 5.63. The third-order valence-corrected chi connectivity index (χ3v) is 4.18. The molecule has 0 aliphatic rings. The van der Waals surface area contributed by atoms with Crippen LogP contribution in [0.5, 0.6) is 0 Å². The Bertz CT molecular complexity index is 762. The van der Waals surface area contributed by atoms with E-state index in [-0.39, 0.29) is 12.5 Å². The van der Waals surface area contributed by atoms with Crippen LogP contribution in [0.3, 0.4) is 0 Å². The molecular formula is C21H23N3O. The zero-order valence-electron chi connectivity index (χ0n) is 14.2. The third-order valence-electron chi connectivity index (χ3n) is 4.18. The van der Waals surface area contributed by atoms with Crippen molar-refractivity contribution in [3.63, 3.8) is 0 Å². The van der Waals surface area contributed by atoms with Gasteiger partial charge < -0.3 is 10.4 Å². The summed E-state index contributed by atoms with van der Waals surface area (Å²) in [5, 5.41) is 13.1. The van der Waals surface area contributed by atoms with E-state index in [1.165, 1.54) is 16.7 Å². The molecule has 0 bridgehead atoms. The molecule has 128 valence electrons. The minimum absolute atomic E-state index is 0.153. The van der Waals surface area contributed by atoms with Crippen LogP contribution in [0.15, 0.2) is 73.2 Å². The SMILES string of the molecule is OCC(CNCc1cccc(-c2ccncc2)c1)Cc1ccccn1. The highest BCUT2D eigenvalue weighted by atomic mass is 16.3. The molecular weight excluding hydrogens is 310 g/mol. The van der Waals surface area contributed by atoms with Crippen LogP contribution in [0.1, 0.15) is 11.3 Å². The van der Waals surface area contributed by atoms with Gasteiger partial charge in [0.25, 0.3) is 0 Å². The van der Waals surface area contributed by atoms with Crippen LogP contribution in [0.4, 0.5) is 0 Å². The van der Waals surface area contributed by atoms with Gasteiger partial charge in [-0.25, -0.2) is 0 Å². The third kappa shape index (κ3) is 5.21. The molecule has 1 unspecified atom stereocenters. The van der Waals surface area contributed by atoms with E-state index in [0.717, 1.165) is 25.2 Å². The maximum atomic E-state index is 9.60. The van der Waals surface area contributed by atoms with Crippen LogP contribution in [0, 0.1) is 5.92 Å². The predicted octanol–water partition coefficient (Wildman–Crippen LogP) is 3.08. The lowest BCUT2D eigenvalue weighted by Gasteiger charge is -2.15. The van der Waals surface area contributed by atoms with Gasteiger partial charge in [-0.2, -0.15) is 0 Å². The first kappa shape index (κ1) is 17.3. The second-order valence-corrected chi connectivity index (χ2v) is 6.14. The van der Waals surface area contributed by atoms with Crippen molar-refractivity contribution in [3.8, 4) is 11.1 Å². The average molecular weight is 333 g/mol. The largest absolute Gasteiger partial charge is 0.396 e. The topological polar surface area (TPSA) is 58.0 Å². The summed E-state index contributed by atoms with van der Waals surface area (Å²) in [6, 6.07) is 18.4. The van der Waals surface area contributed by atoms with Gasteiger partial charge in [0.1, 0.15) is 0 Å². The Morgan fingerprint density at radius 2 is 1.80 bits per heavy atom. The molecule has 3 aromatic rings. The Morgan fingerprint density at radius 3 is 2.56 bits per heavy atom. The summed E-state index contributed by atoms with van der Waals surface area (Å²) in [5.74, 6) is 0.165.